The highest BCUT2D eigenvalue weighted by Gasteiger charge is 2.06. The molecule has 1 amide bonds. The number of aromatic hydroxyl groups is 1. The van der Waals surface area contributed by atoms with Gasteiger partial charge in [0.2, 0.25) is 5.91 Å². The zero-order valence-corrected chi connectivity index (χ0v) is 10.5. The van der Waals surface area contributed by atoms with Crippen LogP contribution in [0.2, 0.25) is 0 Å². The summed E-state index contributed by atoms with van der Waals surface area (Å²) >= 11 is 0. The minimum absolute atomic E-state index is 0.0831. The van der Waals surface area contributed by atoms with Crippen molar-refractivity contribution in [2.24, 2.45) is 0 Å². The molecule has 0 spiro atoms. The number of anilines is 2. The number of phenolic OH excluding ortho intramolecular Hbond substituents is 1. The Morgan fingerprint density at radius 2 is 1.89 bits per heavy atom. The third-order valence-corrected chi connectivity index (χ3v) is 2.79. The molecule has 2 rings (SSSR count). The van der Waals surface area contributed by atoms with Crippen molar-refractivity contribution >= 4 is 17.3 Å². The van der Waals surface area contributed by atoms with Crippen LogP contribution in [0.3, 0.4) is 0 Å². The van der Waals surface area contributed by atoms with Crippen LogP contribution in [0, 0.1) is 0 Å². The Kier molecular flexibility index (Phi) is 4.03. The van der Waals surface area contributed by atoms with Gasteiger partial charge in [0.05, 0.1) is 11.4 Å². The molecule has 0 saturated carbocycles. The number of aryl methyl sites for hydroxylation is 1. The number of hydrogen-bond donors (Lipinski definition) is 3. The minimum Gasteiger partial charge on any atom is -0.508 e. The molecule has 2 aromatic rings. The van der Waals surface area contributed by atoms with Gasteiger partial charge in [-0.2, -0.15) is 0 Å². The number of nitrogen functional groups attached to an aromatic ring is 1. The van der Waals surface area contributed by atoms with Crippen LogP contribution in [0.25, 0.3) is 0 Å². The lowest BCUT2D eigenvalue weighted by Crippen LogP contribution is -2.13. The molecule has 0 fully saturated rings. The Labute approximate surface area is 111 Å². The van der Waals surface area contributed by atoms with Crippen molar-refractivity contribution in [3.8, 4) is 5.75 Å². The number of benzene rings is 2. The van der Waals surface area contributed by atoms with E-state index in [1.807, 2.05) is 30.3 Å². The number of nitrogens with two attached hydrogens (primary N) is 1. The molecule has 4 N–H and O–H groups in total. The second-order valence-electron chi connectivity index (χ2n) is 4.31. The van der Waals surface area contributed by atoms with E-state index < -0.39 is 0 Å². The van der Waals surface area contributed by atoms with Crippen molar-refractivity contribution in [2.45, 2.75) is 12.8 Å². The van der Waals surface area contributed by atoms with Gasteiger partial charge in [-0.05, 0) is 24.1 Å². The maximum atomic E-state index is 11.8. The zero-order valence-electron chi connectivity index (χ0n) is 10.5. The summed E-state index contributed by atoms with van der Waals surface area (Å²) in [5.41, 5.74) is 7.70. The van der Waals surface area contributed by atoms with E-state index in [1.165, 1.54) is 12.1 Å². The molecule has 0 unspecified atom stereocenters. The summed E-state index contributed by atoms with van der Waals surface area (Å²) in [5.74, 6) is -0.0129. The molecule has 4 nitrogen and oxygen atoms in total. The molecule has 19 heavy (non-hydrogen) atoms. The second kappa shape index (κ2) is 5.91. The topological polar surface area (TPSA) is 75.3 Å². The number of carbonyl (C=O) groups is 1. The molecule has 0 atom stereocenters. The molecule has 0 bridgehead atoms. The molecule has 4 heteroatoms. The van der Waals surface area contributed by atoms with Gasteiger partial charge >= 0.3 is 0 Å². The summed E-state index contributed by atoms with van der Waals surface area (Å²) in [7, 11) is 0. The Morgan fingerprint density at radius 3 is 2.58 bits per heavy atom. The van der Waals surface area contributed by atoms with Crippen LogP contribution in [-0.4, -0.2) is 11.0 Å². The van der Waals surface area contributed by atoms with Gasteiger partial charge in [-0.1, -0.05) is 30.3 Å². The molecule has 0 heterocycles. The van der Waals surface area contributed by atoms with Gasteiger partial charge in [0, 0.05) is 12.5 Å². The summed E-state index contributed by atoms with van der Waals surface area (Å²) in [6, 6.07) is 14.3. The lowest BCUT2D eigenvalue weighted by molar-refractivity contribution is -0.116. The number of amides is 1. The van der Waals surface area contributed by atoms with Gasteiger partial charge in [0.1, 0.15) is 5.75 Å². The van der Waals surface area contributed by atoms with E-state index in [1.54, 1.807) is 6.07 Å². The van der Waals surface area contributed by atoms with Crippen LogP contribution < -0.4 is 11.1 Å². The van der Waals surface area contributed by atoms with Gasteiger partial charge in [0.25, 0.3) is 0 Å². The molecule has 0 aromatic heterocycles. The molecule has 0 radical (unpaired) electrons. The van der Waals surface area contributed by atoms with Gasteiger partial charge < -0.3 is 16.2 Å². The van der Waals surface area contributed by atoms with Crippen LogP contribution in [0.15, 0.2) is 48.5 Å². The lowest BCUT2D eigenvalue weighted by atomic mass is 10.1. The van der Waals surface area contributed by atoms with Gasteiger partial charge in [-0.15, -0.1) is 0 Å². The first-order valence-electron chi connectivity index (χ1n) is 6.07. The molecule has 98 valence electrons. The summed E-state index contributed by atoms with van der Waals surface area (Å²) < 4.78 is 0. The fraction of sp³-hybridized carbons (Fsp3) is 0.133. The van der Waals surface area contributed by atoms with E-state index in [9.17, 15) is 9.90 Å². The standard InChI is InChI=1S/C15H16N2O2/c16-13-10-12(18)7-8-14(13)17-15(19)9-6-11-4-2-1-3-5-11/h1-5,7-8,10,18H,6,9,16H2,(H,17,19). The van der Waals surface area contributed by atoms with Gasteiger partial charge in [-0.25, -0.2) is 0 Å². The third kappa shape index (κ3) is 3.74. The number of hydrogen-bond acceptors (Lipinski definition) is 3. The van der Waals surface area contributed by atoms with Crippen LogP contribution in [-0.2, 0) is 11.2 Å². The van der Waals surface area contributed by atoms with Gasteiger partial charge in [0.15, 0.2) is 0 Å². The number of carbonyl (C=O) groups excluding carboxylic acids is 1. The first-order chi connectivity index (χ1) is 9.15. The maximum Gasteiger partial charge on any atom is 0.224 e. The average molecular weight is 256 g/mol. The first-order valence-corrected chi connectivity index (χ1v) is 6.07. The Morgan fingerprint density at radius 1 is 1.16 bits per heavy atom. The molecule has 2 aromatic carbocycles. The van der Waals surface area contributed by atoms with Crippen molar-refractivity contribution in [1.82, 2.24) is 0 Å². The summed E-state index contributed by atoms with van der Waals surface area (Å²) in [6.45, 7) is 0. The molecular formula is C15H16N2O2. The van der Waals surface area contributed by atoms with Gasteiger partial charge in [-0.3, -0.25) is 4.79 Å². The van der Waals surface area contributed by atoms with Crippen LogP contribution >= 0.6 is 0 Å². The number of nitrogens with one attached hydrogen (secondary N) is 1. The van der Waals surface area contributed by atoms with Crippen LogP contribution in [0.1, 0.15) is 12.0 Å². The lowest BCUT2D eigenvalue weighted by Gasteiger charge is -2.08. The summed E-state index contributed by atoms with van der Waals surface area (Å²) in [5, 5.41) is 12.0. The molecule has 0 aliphatic rings. The van der Waals surface area contributed by atoms with E-state index in [0.29, 0.717) is 24.2 Å². The highest BCUT2D eigenvalue weighted by molar-refractivity contribution is 5.94. The van der Waals surface area contributed by atoms with Crippen LogP contribution in [0.4, 0.5) is 11.4 Å². The molecular weight excluding hydrogens is 240 g/mol. The average Bonchev–Trinajstić information content (AvgIpc) is 2.41. The SMILES string of the molecule is Nc1cc(O)ccc1NC(=O)CCc1ccccc1. The Bertz CT molecular complexity index is 568. The summed E-state index contributed by atoms with van der Waals surface area (Å²) in [4.78, 5) is 11.8. The molecule has 0 saturated heterocycles. The predicted molar refractivity (Wildman–Crippen MR) is 75.9 cm³/mol. The normalized spacial score (nSPS) is 10.1. The highest BCUT2D eigenvalue weighted by atomic mass is 16.3. The van der Waals surface area contributed by atoms with Crippen molar-refractivity contribution in [1.29, 1.82) is 0 Å². The molecule has 0 aliphatic heterocycles. The van der Waals surface area contributed by atoms with E-state index in [0.717, 1.165) is 5.56 Å². The quantitative estimate of drug-likeness (QED) is 0.581. The van der Waals surface area contributed by atoms with E-state index >= 15 is 0 Å². The monoisotopic (exact) mass is 256 g/mol. The number of phenols is 1. The minimum atomic E-state index is -0.0961. The largest absolute Gasteiger partial charge is 0.508 e. The zero-order chi connectivity index (χ0) is 13.7. The third-order valence-electron chi connectivity index (χ3n) is 2.79. The van der Waals surface area contributed by atoms with E-state index in [2.05, 4.69) is 5.32 Å². The van der Waals surface area contributed by atoms with Crippen molar-refractivity contribution < 1.29 is 9.90 Å². The van der Waals surface area contributed by atoms with E-state index in [-0.39, 0.29) is 11.7 Å². The summed E-state index contributed by atoms with van der Waals surface area (Å²) in [6.07, 6.45) is 1.08. The highest BCUT2D eigenvalue weighted by Crippen LogP contribution is 2.23. The smallest absolute Gasteiger partial charge is 0.224 e. The van der Waals surface area contributed by atoms with Crippen molar-refractivity contribution in [3.05, 3.63) is 54.1 Å². The Balaban J connectivity index is 1.91. The fourth-order valence-corrected chi connectivity index (χ4v) is 1.78. The first kappa shape index (κ1) is 13.0. The second-order valence-corrected chi connectivity index (χ2v) is 4.31. The van der Waals surface area contributed by atoms with Crippen molar-refractivity contribution in [3.63, 3.8) is 0 Å². The Hall–Kier alpha value is -2.49. The molecule has 0 aliphatic carbocycles. The van der Waals surface area contributed by atoms with Crippen molar-refractivity contribution in [2.75, 3.05) is 11.1 Å². The predicted octanol–water partition coefficient (Wildman–Crippen LogP) is 2.55. The fourth-order valence-electron chi connectivity index (χ4n) is 1.78. The van der Waals surface area contributed by atoms with E-state index in [4.69, 9.17) is 5.73 Å². The number of rotatable bonds is 4. The maximum absolute atomic E-state index is 11.8. The van der Waals surface area contributed by atoms with Crippen LogP contribution in [0.5, 0.6) is 5.75 Å².